The lowest BCUT2D eigenvalue weighted by molar-refractivity contribution is 0.0376. The molecular weight excluding hydrogens is 426 g/mol. The van der Waals surface area contributed by atoms with E-state index in [1.54, 1.807) is 23.1 Å². The van der Waals surface area contributed by atoms with Crippen LogP contribution in [0, 0.1) is 6.92 Å². The Morgan fingerprint density at radius 1 is 1.23 bits per heavy atom. The molecule has 0 aliphatic carbocycles. The highest BCUT2D eigenvalue weighted by atomic mass is 32.2. The zero-order valence-corrected chi connectivity index (χ0v) is 19.8. The first-order valence-electron chi connectivity index (χ1n) is 10.9. The van der Waals surface area contributed by atoms with Gasteiger partial charge in [0, 0.05) is 36.6 Å². The van der Waals surface area contributed by atoms with Crippen LogP contribution in [0.1, 0.15) is 29.3 Å². The van der Waals surface area contributed by atoms with Crippen molar-refractivity contribution in [2.45, 2.75) is 25.2 Å². The summed E-state index contributed by atoms with van der Waals surface area (Å²) in [6, 6.07) is 14.2. The van der Waals surface area contributed by atoms with Gasteiger partial charge in [-0.2, -0.15) is 0 Å². The molecule has 0 radical (unpaired) electrons. The van der Waals surface area contributed by atoms with E-state index in [1.165, 1.54) is 0 Å². The van der Waals surface area contributed by atoms with Gasteiger partial charge in [0.1, 0.15) is 0 Å². The maximum absolute atomic E-state index is 13.6. The number of carbonyl (C=O) groups is 1. The number of thioether (sulfide) groups is 1. The van der Waals surface area contributed by atoms with E-state index in [4.69, 9.17) is 9.72 Å². The molecule has 1 fully saturated rings. The number of nitrogens with zero attached hydrogens (tertiary/aromatic N) is 3. The van der Waals surface area contributed by atoms with E-state index in [9.17, 15) is 4.79 Å². The minimum Gasteiger partial charge on any atom is -0.379 e. The molecule has 0 saturated carbocycles. The van der Waals surface area contributed by atoms with Crippen LogP contribution >= 0.6 is 23.1 Å². The van der Waals surface area contributed by atoms with Crippen LogP contribution in [-0.4, -0.2) is 60.9 Å². The molecular formula is C24H29N3O2S2. The second-order valence-corrected chi connectivity index (χ2v) is 9.99. The first-order valence-corrected chi connectivity index (χ1v) is 12.7. The van der Waals surface area contributed by atoms with Crippen molar-refractivity contribution in [2.24, 2.45) is 0 Å². The van der Waals surface area contributed by atoms with E-state index in [0.29, 0.717) is 6.54 Å². The Bertz CT molecular complexity index is 1030. The molecule has 0 N–H and O–H groups in total. The van der Waals surface area contributed by atoms with Gasteiger partial charge in [0.05, 0.1) is 23.4 Å². The van der Waals surface area contributed by atoms with Crippen LogP contribution in [0.15, 0.2) is 47.4 Å². The number of fused-ring (bicyclic) bond motifs is 1. The van der Waals surface area contributed by atoms with Crippen LogP contribution in [0.2, 0.25) is 0 Å². The van der Waals surface area contributed by atoms with Crippen molar-refractivity contribution in [1.29, 1.82) is 0 Å². The van der Waals surface area contributed by atoms with Crippen LogP contribution < -0.4 is 4.90 Å². The molecule has 2 aromatic carbocycles. The first kappa shape index (κ1) is 22.3. The summed E-state index contributed by atoms with van der Waals surface area (Å²) in [5.74, 6) is 1.01. The average Bonchev–Trinajstić information content (AvgIpc) is 3.23. The maximum atomic E-state index is 13.6. The van der Waals surface area contributed by atoms with Gasteiger partial charge in [0.15, 0.2) is 5.13 Å². The van der Waals surface area contributed by atoms with Gasteiger partial charge in [0.25, 0.3) is 5.91 Å². The molecule has 0 spiro atoms. The lowest BCUT2D eigenvalue weighted by atomic mass is 10.2. The number of hydrogen-bond donors (Lipinski definition) is 0. The number of aryl methyl sites for hydroxylation is 1. The molecule has 164 valence electrons. The molecule has 5 nitrogen and oxygen atoms in total. The second kappa shape index (κ2) is 10.6. The Balaban J connectivity index is 1.58. The van der Waals surface area contributed by atoms with Gasteiger partial charge in [-0.3, -0.25) is 14.6 Å². The molecule has 1 aromatic heterocycles. The van der Waals surface area contributed by atoms with Crippen LogP contribution in [0.3, 0.4) is 0 Å². The lowest BCUT2D eigenvalue weighted by Crippen LogP contribution is -2.39. The van der Waals surface area contributed by atoms with Crippen LogP contribution in [-0.2, 0) is 4.74 Å². The topological polar surface area (TPSA) is 45.7 Å². The number of benzene rings is 2. The summed E-state index contributed by atoms with van der Waals surface area (Å²) in [5, 5.41) is 0.782. The van der Waals surface area contributed by atoms with Crippen LogP contribution in [0.25, 0.3) is 10.2 Å². The molecule has 0 bridgehead atoms. The van der Waals surface area contributed by atoms with Gasteiger partial charge >= 0.3 is 0 Å². The van der Waals surface area contributed by atoms with E-state index in [-0.39, 0.29) is 5.91 Å². The Hall–Kier alpha value is -1.93. The normalized spacial score (nSPS) is 14.8. The Kier molecular flexibility index (Phi) is 7.61. The van der Waals surface area contributed by atoms with Gasteiger partial charge in [-0.25, -0.2) is 4.98 Å². The van der Waals surface area contributed by atoms with Crippen molar-refractivity contribution in [1.82, 2.24) is 9.88 Å². The largest absolute Gasteiger partial charge is 0.379 e. The third-order valence-electron chi connectivity index (χ3n) is 5.44. The Morgan fingerprint density at radius 3 is 2.81 bits per heavy atom. The minimum absolute atomic E-state index is 0.0252. The van der Waals surface area contributed by atoms with Crippen LogP contribution in [0.5, 0.6) is 0 Å². The number of rotatable bonds is 8. The molecule has 1 amide bonds. The highest BCUT2D eigenvalue weighted by molar-refractivity contribution is 7.99. The predicted molar refractivity (Wildman–Crippen MR) is 131 cm³/mol. The quantitative estimate of drug-likeness (QED) is 0.443. The third-order valence-corrected chi connectivity index (χ3v) is 7.36. The number of carbonyl (C=O) groups excluding carboxylic acids is 1. The molecule has 0 unspecified atom stereocenters. The molecule has 31 heavy (non-hydrogen) atoms. The van der Waals surface area contributed by atoms with Crippen molar-refractivity contribution in [2.75, 3.05) is 50.0 Å². The fourth-order valence-corrected chi connectivity index (χ4v) is 5.58. The first-order chi connectivity index (χ1) is 15.2. The zero-order valence-electron chi connectivity index (χ0n) is 18.2. The van der Waals surface area contributed by atoms with Crippen molar-refractivity contribution in [3.05, 3.63) is 53.6 Å². The van der Waals surface area contributed by atoms with Crippen molar-refractivity contribution in [3.63, 3.8) is 0 Å². The molecule has 2 heterocycles. The molecule has 1 aliphatic rings. The number of thiazole rings is 1. The number of morpholine rings is 1. The van der Waals surface area contributed by atoms with Gasteiger partial charge in [0.2, 0.25) is 0 Å². The fraction of sp³-hybridized carbons (Fsp3) is 0.417. The van der Waals surface area contributed by atoms with E-state index in [0.717, 1.165) is 76.4 Å². The minimum atomic E-state index is 0.0252. The smallest absolute Gasteiger partial charge is 0.260 e. The van der Waals surface area contributed by atoms with E-state index >= 15 is 0 Å². The van der Waals surface area contributed by atoms with E-state index in [1.807, 2.05) is 23.1 Å². The number of para-hydroxylation sites is 1. The van der Waals surface area contributed by atoms with E-state index < -0.39 is 0 Å². The summed E-state index contributed by atoms with van der Waals surface area (Å²) in [4.78, 5) is 23.9. The summed E-state index contributed by atoms with van der Waals surface area (Å²) < 4.78 is 6.57. The summed E-state index contributed by atoms with van der Waals surface area (Å²) in [6.45, 7) is 9.32. The lowest BCUT2D eigenvalue weighted by Gasteiger charge is -2.27. The second-order valence-electron chi connectivity index (χ2n) is 7.64. The average molecular weight is 456 g/mol. The summed E-state index contributed by atoms with van der Waals surface area (Å²) in [7, 11) is 0. The maximum Gasteiger partial charge on any atom is 0.260 e. The van der Waals surface area contributed by atoms with Crippen LogP contribution in [0.4, 0.5) is 5.13 Å². The summed E-state index contributed by atoms with van der Waals surface area (Å²) in [6.07, 6.45) is 0.907. The molecule has 1 aliphatic heterocycles. The van der Waals surface area contributed by atoms with Gasteiger partial charge < -0.3 is 4.74 Å². The number of ether oxygens (including phenoxy) is 1. The van der Waals surface area contributed by atoms with Gasteiger partial charge in [-0.1, -0.05) is 36.5 Å². The van der Waals surface area contributed by atoms with Crippen molar-refractivity contribution >= 4 is 44.4 Å². The number of amides is 1. The monoisotopic (exact) mass is 455 g/mol. The van der Waals surface area contributed by atoms with Crippen molar-refractivity contribution in [3.8, 4) is 0 Å². The van der Waals surface area contributed by atoms with Gasteiger partial charge in [-0.05, 0) is 48.9 Å². The molecule has 1 saturated heterocycles. The Labute approximate surface area is 192 Å². The third kappa shape index (κ3) is 5.47. The van der Waals surface area contributed by atoms with Crippen molar-refractivity contribution < 1.29 is 9.53 Å². The standard InChI is InChI=1S/C24H29N3O2S2/c1-3-30-20-9-5-8-19(17-20)23(28)27(12-6-11-26-13-15-29-16-14-26)24-25-22-18(2)7-4-10-21(22)31-24/h4-5,7-10,17H,3,6,11-16H2,1-2H3. The highest BCUT2D eigenvalue weighted by Gasteiger charge is 2.22. The summed E-state index contributed by atoms with van der Waals surface area (Å²) in [5.41, 5.74) is 2.85. The zero-order chi connectivity index (χ0) is 21.6. The molecule has 3 aromatic rings. The summed E-state index contributed by atoms with van der Waals surface area (Å²) >= 11 is 3.35. The predicted octanol–water partition coefficient (Wildman–Crippen LogP) is 5.09. The van der Waals surface area contributed by atoms with E-state index in [2.05, 4.69) is 43.0 Å². The fourth-order valence-electron chi connectivity index (χ4n) is 3.79. The molecule has 4 rings (SSSR count). The number of hydrogen-bond acceptors (Lipinski definition) is 6. The van der Waals surface area contributed by atoms with Gasteiger partial charge in [-0.15, -0.1) is 11.8 Å². The molecule has 7 heteroatoms. The SMILES string of the molecule is CCSc1cccc(C(=O)N(CCCN2CCOCC2)c2nc3c(C)cccc3s2)c1. The number of anilines is 1. The Morgan fingerprint density at radius 2 is 2.03 bits per heavy atom. The highest BCUT2D eigenvalue weighted by Crippen LogP contribution is 2.32. The number of aromatic nitrogens is 1. The molecule has 0 atom stereocenters.